The van der Waals surface area contributed by atoms with Crippen molar-refractivity contribution in [1.82, 2.24) is 9.97 Å². The molecular formula is C17H21FN4O. The smallest absolute Gasteiger partial charge is 0.227 e. The molecule has 1 atom stereocenters. The van der Waals surface area contributed by atoms with Crippen LogP contribution in [0.1, 0.15) is 18.4 Å². The number of aliphatic hydroxyl groups is 1. The van der Waals surface area contributed by atoms with Gasteiger partial charge in [-0.05, 0) is 43.0 Å². The van der Waals surface area contributed by atoms with Crippen molar-refractivity contribution < 1.29 is 9.50 Å². The van der Waals surface area contributed by atoms with Gasteiger partial charge in [-0.15, -0.1) is 0 Å². The van der Waals surface area contributed by atoms with E-state index in [1.807, 2.05) is 0 Å². The Hall–Kier alpha value is -2.21. The standard InChI is InChI=1S/C17H21FN4O/c18-14-4-2-13(3-5-14)10-17(12-23)7-1-9-22(11-17)16-20-8-6-15(19)21-16/h2-6,8,23H,1,7,9-12H2,(H2,19,20,21). The summed E-state index contributed by atoms with van der Waals surface area (Å²) in [6.45, 7) is 1.57. The predicted molar refractivity (Wildman–Crippen MR) is 87.5 cm³/mol. The molecule has 0 aliphatic carbocycles. The summed E-state index contributed by atoms with van der Waals surface area (Å²) >= 11 is 0. The van der Waals surface area contributed by atoms with Crippen molar-refractivity contribution in [2.75, 3.05) is 30.3 Å². The SMILES string of the molecule is Nc1ccnc(N2CCCC(CO)(Cc3ccc(F)cc3)C2)n1. The minimum Gasteiger partial charge on any atom is -0.396 e. The third-order valence-electron chi connectivity index (χ3n) is 4.44. The Bertz CT molecular complexity index is 664. The van der Waals surface area contributed by atoms with E-state index < -0.39 is 0 Å². The zero-order chi connectivity index (χ0) is 16.3. The van der Waals surface area contributed by atoms with Crippen LogP contribution in [-0.2, 0) is 6.42 Å². The highest BCUT2D eigenvalue weighted by atomic mass is 19.1. The second-order valence-corrected chi connectivity index (χ2v) is 6.27. The van der Waals surface area contributed by atoms with Crippen molar-refractivity contribution in [1.29, 1.82) is 0 Å². The summed E-state index contributed by atoms with van der Waals surface area (Å²) in [5.74, 6) is 0.792. The van der Waals surface area contributed by atoms with Gasteiger partial charge in [0.05, 0.1) is 6.61 Å². The van der Waals surface area contributed by atoms with Crippen LogP contribution in [-0.4, -0.2) is 34.8 Å². The highest BCUT2D eigenvalue weighted by Crippen LogP contribution is 2.34. The van der Waals surface area contributed by atoms with E-state index in [2.05, 4.69) is 14.9 Å². The van der Waals surface area contributed by atoms with Crippen molar-refractivity contribution in [3.05, 3.63) is 47.9 Å². The first kappa shape index (κ1) is 15.7. The normalized spacial score (nSPS) is 21.4. The van der Waals surface area contributed by atoms with E-state index in [1.165, 1.54) is 12.1 Å². The molecule has 0 saturated carbocycles. The van der Waals surface area contributed by atoms with E-state index in [0.717, 1.165) is 24.9 Å². The van der Waals surface area contributed by atoms with E-state index in [-0.39, 0.29) is 17.8 Å². The van der Waals surface area contributed by atoms with E-state index in [9.17, 15) is 9.50 Å². The highest BCUT2D eigenvalue weighted by molar-refractivity contribution is 5.38. The summed E-state index contributed by atoms with van der Waals surface area (Å²) in [7, 11) is 0. The number of halogens is 1. The molecule has 0 bridgehead atoms. The van der Waals surface area contributed by atoms with Crippen LogP contribution in [0.3, 0.4) is 0 Å². The van der Waals surface area contributed by atoms with Gasteiger partial charge < -0.3 is 15.7 Å². The molecule has 0 amide bonds. The second-order valence-electron chi connectivity index (χ2n) is 6.27. The quantitative estimate of drug-likeness (QED) is 0.902. The minimum absolute atomic E-state index is 0.0726. The average Bonchev–Trinajstić information content (AvgIpc) is 2.57. The first-order chi connectivity index (χ1) is 11.1. The first-order valence-electron chi connectivity index (χ1n) is 7.79. The van der Waals surface area contributed by atoms with Crippen LogP contribution in [0, 0.1) is 11.2 Å². The van der Waals surface area contributed by atoms with Gasteiger partial charge in [-0.1, -0.05) is 12.1 Å². The monoisotopic (exact) mass is 316 g/mol. The van der Waals surface area contributed by atoms with Crippen molar-refractivity contribution >= 4 is 11.8 Å². The number of rotatable bonds is 4. The minimum atomic E-state index is -0.274. The molecule has 5 nitrogen and oxygen atoms in total. The molecule has 3 N–H and O–H groups in total. The van der Waals surface area contributed by atoms with Crippen LogP contribution in [0.25, 0.3) is 0 Å². The number of anilines is 2. The lowest BCUT2D eigenvalue weighted by molar-refractivity contribution is 0.105. The van der Waals surface area contributed by atoms with Crippen molar-refractivity contribution in [2.45, 2.75) is 19.3 Å². The number of piperidine rings is 1. The number of hydrogen-bond acceptors (Lipinski definition) is 5. The molecular weight excluding hydrogens is 295 g/mol. The number of nitrogens with zero attached hydrogens (tertiary/aromatic N) is 3. The molecule has 2 aromatic rings. The summed E-state index contributed by atoms with van der Waals surface area (Å²) in [5.41, 5.74) is 6.49. The van der Waals surface area contributed by atoms with Crippen LogP contribution in [0.15, 0.2) is 36.5 Å². The van der Waals surface area contributed by atoms with Gasteiger partial charge in [0.25, 0.3) is 0 Å². The van der Waals surface area contributed by atoms with Crippen molar-refractivity contribution in [3.63, 3.8) is 0 Å². The van der Waals surface area contributed by atoms with Gasteiger partial charge in [0, 0.05) is 24.7 Å². The molecule has 2 heterocycles. The van der Waals surface area contributed by atoms with Crippen LogP contribution >= 0.6 is 0 Å². The Kier molecular flexibility index (Phi) is 4.43. The Morgan fingerprint density at radius 3 is 2.74 bits per heavy atom. The summed E-state index contributed by atoms with van der Waals surface area (Å²) < 4.78 is 13.1. The third kappa shape index (κ3) is 3.59. The van der Waals surface area contributed by atoms with Crippen LogP contribution in [0.5, 0.6) is 0 Å². The fourth-order valence-corrected chi connectivity index (χ4v) is 3.26. The van der Waals surface area contributed by atoms with Gasteiger partial charge >= 0.3 is 0 Å². The molecule has 0 spiro atoms. The lowest BCUT2D eigenvalue weighted by Gasteiger charge is -2.42. The summed E-state index contributed by atoms with van der Waals surface area (Å²) in [5, 5.41) is 10.0. The van der Waals surface area contributed by atoms with E-state index in [1.54, 1.807) is 24.4 Å². The van der Waals surface area contributed by atoms with E-state index in [0.29, 0.717) is 24.7 Å². The first-order valence-corrected chi connectivity index (χ1v) is 7.79. The fraction of sp³-hybridized carbons (Fsp3) is 0.412. The van der Waals surface area contributed by atoms with Crippen molar-refractivity contribution in [2.24, 2.45) is 5.41 Å². The maximum absolute atomic E-state index is 13.1. The number of hydrogen-bond donors (Lipinski definition) is 2. The maximum atomic E-state index is 13.1. The predicted octanol–water partition coefficient (Wildman–Crippen LogP) is 2.02. The molecule has 1 saturated heterocycles. The number of benzene rings is 1. The largest absolute Gasteiger partial charge is 0.396 e. The summed E-state index contributed by atoms with van der Waals surface area (Å²) in [6.07, 6.45) is 4.20. The Morgan fingerprint density at radius 2 is 2.04 bits per heavy atom. The molecule has 1 aromatic heterocycles. The lowest BCUT2D eigenvalue weighted by atomic mass is 9.76. The molecule has 1 aliphatic rings. The number of aromatic nitrogens is 2. The Labute approximate surface area is 135 Å². The maximum Gasteiger partial charge on any atom is 0.227 e. The van der Waals surface area contributed by atoms with Gasteiger partial charge in [-0.25, -0.2) is 9.37 Å². The van der Waals surface area contributed by atoms with E-state index in [4.69, 9.17) is 5.73 Å². The molecule has 23 heavy (non-hydrogen) atoms. The highest BCUT2D eigenvalue weighted by Gasteiger charge is 2.36. The number of nitrogens with two attached hydrogens (primary N) is 1. The van der Waals surface area contributed by atoms with Gasteiger partial charge in [-0.3, -0.25) is 0 Å². The number of aliphatic hydroxyl groups excluding tert-OH is 1. The molecule has 1 aromatic carbocycles. The Morgan fingerprint density at radius 1 is 1.26 bits per heavy atom. The molecule has 6 heteroatoms. The van der Waals surface area contributed by atoms with Crippen molar-refractivity contribution in [3.8, 4) is 0 Å². The lowest BCUT2D eigenvalue weighted by Crippen LogP contribution is -2.47. The summed E-state index contributed by atoms with van der Waals surface area (Å²) in [4.78, 5) is 10.6. The third-order valence-corrected chi connectivity index (χ3v) is 4.44. The van der Waals surface area contributed by atoms with Gasteiger partial charge in [-0.2, -0.15) is 4.98 Å². The zero-order valence-corrected chi connectivity index (χ0v) is 13.0. The Balaban J connectivity index is 1.79. The molecule has 3 rings (SSSR count). The molecule has 0 radical (unpaired) electrons. The van der Waals surface area contributed by atoms with Gasteiger partial charge in [0.1, 0.15) is 11.6 Å². The topological polar surface area (TPSA) is 75.3 Å². The van der Waals surface area contributed by atoms with Gasteiger partial charge in [0.2, 0.25) is 5.95 Å². The number of nitrogen functional groups attached to an aromatic ring is 1. The molecule has 1 unspecified atom stereocenters. The summed E-state index contributed by atoms with van der Waals surface area (Å²) in [6, 6.07) is 8.14. The van der Waals surface area contributed by atoms with E-state index >= 15 is 0 Å². The van der Waals surface area contributed by atoms with Crippen LogP contribution < -0.4 is 10.6 Å². The molecule has 122 valence electrons. The van der Waals surface area contributed by atoms with Gasteiger partial charge in [0.15, 0.2) is 0 Å². The zero-order valence-electron chi connectivity index (χ0n) is 13.0. The molecule has 1 fully saturated rings. The van der Waals surface area contributed by atoms with Crippen LogP contribution in [0.2, 0.25) is 0 Å². The molecule has 1 aliphatic heterocycles. The fourth-order valence-electron chi connectivity index (χ4n) is 3.26. The van der Waals surface area contributed by atoms with Crippen LogP contribution in [0.4, 0.5) is 16.2 Å². The average molecular weight is 316 g/mol. The second kappa shape index (κ2) is 6.50.